The second-order valence-electron chi connectivity index (χ2n) is 11.6. The minimum atomic E-state index is -0.731. The van der Waals surface area contributed by atoms with Crippen molar-refractivity contribution in [2.24, 2.45) is 45.3 Å². The smallest absolute Gasteiger partial charge is 0.146 e. The van der Waals surface area contributed by atoms with Gasteiger partial charge in [0.05, 0.1) is 5.92 Å². The molecule has 3 nitrogen and oxygen atoms in total. The van der Waals surface area contributed by atoms with Crippen molar-refractivity contribution < 1.29 is 14.4 Å². The van der Waals surface area contributed by atoms with Crippen molar-refractivity contribution in [2.75, 3.05) is 0 Å². The summed E-state index contributed by atoms with van der Waals surface area (Å²) < 4.78 is 0. The maximum atomic E-state index is 13.7. The first-order chi connectivity index (χ1) is 13.1. The van der Waals surface area contributed by atoms with Crippen LogP contribution in [0.15, 0.2) is 11.6 Å². The lowest BCUT2D eigenvalue weighted by atomic mass is 9.35. The first kappa shape index (κ1) is 20.0. The predicted octanol–water partition coefficient (Wildman–Crippen LogP) is 5.17. The van der Waals surface area contributed by atoms with Gasteiger partial charge in [0, 0.05) is 11.8 Å². The van der Waals surface area contributed by atoms with E-state index in [1.165, 1.54) is 25.7 Å². The van der Waals surface area contributed by atoms with Gasteiger partial charge in [0.25, 0.3) is 0 Å². The molecule has 4 rings (SSSR count). The number of carbonyl (C=O) groups excluding carboxylic acids is 3. The normalized spacial score (nSPS) is 49.9. The molecule has 0 bridgehead atoms. The fourth-order valence-corrected chi connectivity index (χ4v) is 8.83. The van der Waals surface area contributed by atoms with Gasteiger partial charge in [-0.3, -0.25) is 9.59 Å². The van der Waals surface area contributed by atoms with Crippen LogP contribution in [0.4, 0.5) is 0 Å². The van der Waals surface area contributed by atoms with Crippen LogP contribution in [-0.2, 0) is 14.4 Å². The quantitative estimate of drug-likeness (QED) is 0.617. The van der Waals surface area contributed by atoms with Crippen molar-refractivity contribution in [1.29, 1.82) is 0 Å². The minimum absolute atomic E-state index is 0.0491. The maximum absolute atomic E-state index is 13.7. The molecule has 0 radical (unpaired) electrons. The van der Waals surface area contributed by atoms with Gasteiger partial charge in [-0.2, -0.15) is 0 Å². The molecule has 28 heavy (non-hydrogen) atoms. The highest BCUT2D eigenvalue weighted by Crippen LogP contribution is 2.72. The molecule has 0 aromatic carbocycles. The van der Waals surface area contributed by atoms with E-state index in [9.17, 15) is 14.4 Å². The molecule has 0 aliphatic heterocycles. The van der Waals surface area contributed by atoms with Crippen molar-refractivity contribution in [3.8, 4) is 0 Å². The number of rotatable bonds is 2. The summed E-state index contributed by atoms with van der Waals surface area (Å²) in [6.45, 7) is 11.7. The lowest BCUT2D eigenvalue weighted by Gasteiger charge is -2.68. The van der Waals surface area contributed by atoms with Gasteiger partial charge in [0.15, 0.2) is 0 Å². The highest BCUT2D eigenvalue weighted by molar-refractivity contribution is 5.94. The van der Waals surface area contributed by atoms with Crippen molar-refractivity contribution in [3.63, 3.8) is 0 Å². The van der Waals surface area contributed by atoms with E-state index in [1.807, 2.05) is 13.0 Å². The Kier molecular flexibility index (Phi) is 4.38. The molecule has 4 aliphatic rings. The van der Waals surface area contributed by atoms with Gasteiger partial charge >= 0.3 is 0 Å². The zero-order chi connectivity index (χ0) is 20.5. The average molecular weight is 385 g/mol. The molecule has 3 saturated carbocycles. The first-order valence-corrected chi connectivity index (χ1v) is 11.2. The SMILES string of the molecule is CC1(C)CCC[C@]2(C)[C@@H]3CC(=O)[C@]4(C)[C@H](C=O)C(C=O)=CC[C@H]4[C@]3(C)CC[C@H]12. The van der Waals surface area contributed by atoms with Gasteiger partial charge < -0.3 is 4.79 Å². The highest BCUT2D eigenvalue weighted by Gasteiger charge is 2.68. The molecule has 0 aromatic heterocycles. The maximum Gasteiger partial charge on any atom is 0.146 e. The summed E-state index contributed by atoms with van der Waals surface area (Å²) in [6.07, 6.45) is 11.0. The number of Topliss-reactive ketones (excluding diaryl/α,β-unsaturated/α-hetero) is 1. The molecule has 3 heteroatoms. The Morgan fingerprint density at radius 1 is 0.929 bits per heavy atom. The fourth-order valence-electron chi connectivity index (χ4n) is 8.83. The van der Waals surface area contributed by atoms with Crippen LogP contribution in [0.1, 0.15) is 79.6 Å². The van der Waals surface area contributed by atoms with Gasteiger partial charge in [-0.1, -0.05) is 47.1 Å². The number of carbonyl (C=O) groups is 3. The predicted molar refractivity (Wildman–Crippen MR) is 110 cm³/mol. The third-order valence-electron chi connectivity index (χ3n) is 10.2. The van der Waals surface area contributed by atoms with Crippen LogP contribution >= 0.6 is 0 Å². The first-order valence-electron chi connectivity index (χ1n) is 11.2. The summed E-state index contributed by atoms with van der Waals surface area (Å²) in [5.74, 6) is 0.822. The van der Waals surface area contributed by atoms with Gasteiger partial charge in [-0.05, 0) is 71.7 Å². The Morgan fingerprint density at radius 2 is 1.61 bits per heavy atom. The molecule has 4 aliphatic carbocycles. The summed E-state index contributed by atoms with van der Waals surface area (Å²) in [7, 11) is 0. The van der Waals surface area contributed by atoms with E-state index in [-0.39, 0.29) is 22.5 Å². The van der Waals surface area contributed by atoms with Crippen LogP contribution in [0.5, 0.6) is 0 Å². The number of hydrogen-bond acceptors (Lipinski definition) is 3. The molecular formula is C25H36O3. The van der Waals surface area contributed by atoms with Crippen LogP contribution in [0.2, 0.25) is 0 Å². The molecule has 154 valence electrons. The van der Waals surface area contributed by atoms with Gasteiger partial charge in [0.1, 0.15) is 18.4 Å². The summed E-state index contributed by atoms with van der Waals surface area (Å²) in [6, 6.07) is 0. The van der Waals surface area contributed by atoms with Crippen LogP contribution in [-0.4, -0.2) is 18.4 Å². The lowest BCUT2D eigenvalue weighted by molar-refractivity contribution is -0.198. The Morgan fingerprint density at radius 3 is 2.25 bits per heavy atom. The monoisotopic (exact) mass is 384 g/mol. The molecule has 0 saturated heterocycles. The Bertz CT molecular complexity index is 749. The minimum Gasteiger partial charge on any atom is -0.303 e. The summed E-state index contributed by atoms with van der Waals surface area (Å²) in [5.41, 5.74) is 0.360. The van der Waals surface area contributed by atoms with Crippen molar-refractivity contribution >= 4 is 18.4 Å². The fraction of sp³-hybridized carbons (Fsp3) is 0.800. The van der Waals surface area contributed by atoms with Crippen LogP contribution in [0.25, 0.3) is 0 Å². The number of allylic oxidation sites excluding steroid dienone is 2. The van der Waals surface area contributed by atoms with Crippen molar-refractivity contribution in [1.82, 2.24) is 0 Å². The average Bonchev–Trinajstić information content (AvgIpc) is 2.62. The van der Waals surface area contributed by atoms with E-state index >= 15 is 0 Å². The molecule has 0 N–H and O–H groups in total. The van der Waals surface area contributed by atoms with Crippen molar-refractivity contribution in [2.45, 2.75) is 79.6 Å². The number of ketones is 1. The highest BCUT2D eigenvalue weighted by atomic mass is 16.1. The van der Waals surface area contributed by atoms with Crippen LogP contribution in [0, 0.1) is 45.3 Å². The molecule has 7 atom stereocenters. The molecule has 3 fully saturated rings. The van der Waals surface area contributed by atoms with E-state index < -0.39 is 11.3 Å². The molecule has 0 heterocycles. The number of hydrogen-bond donors (Lipinski definition) is 0. The lowest BCUT2D eigenvalue weighted by Crippen LogP contribution is -2.65. The Hall–Kier alpha value is -1.25. The molecular weight excluding hydrogens is 348 g/mol. The number of fused-ring (bicyclic) bond motifs is 5. The molecule has 0 aromatic rings. The van der Waals surface area contributed by atoms with Crippen molar-refractivity contribution in [3.05, 3.63) is 11.6 Å². The van der Waals surface area contributed by atoms with Crippen LogP contribution in [0.3, 0.4) is 0 Å². The van der Waals surface area contributed by atoms with Gasteiger partial charge in [-0.25, -0.2) is 0 Å². The third-order valence-corrected chi connectivity index (χ3v) is 10.2. The van der Waals surface area contributed by atoms with Gasteiger partial charge in [-0.15, -0.1) is 0 Å². The summed E-state index contributed by atoms with van der Waals surface area (Å²) in [4.78, 5) is 37.3. The van der Waals surface area contributed by atoms with Gasteiger partial charge in [0.2, 0.25) is 0 Å². The third kappa shape index (κ3) is 2.31. The van der Waals surface area contributed by atoms with E-state index in [0.717, 1.165) is 25.4 Å². The van der Waals surface area contributed by atoms with E-state index in [2.05, 4.69) is 27.7 Å². The van der Waals surface area contributed by atoms with E-state index in [0.29, 0.717) is 29.2 Å². The standard InChI is InChI=1S/C25H36O3/c1-22(2)10-6-11-23(3)18(22)9-12-24(4)19-8-7-16(14-26)17(15-27)25(19,5)21(28)13-20(23)24/h7,14-15,17-20H,6,8-13H2,1-5H3/t17-,18-,19+,20+,23+,24+,25-/m1/s1. The zero-order valence-electron chi connectivity index (χ0n) is 18.2. The topological polar surface area (TPSA) is 51.2 Å². The summed E-state index contributed by atoms with van der Waals surface area (Å²) in [5, 5.41) is 0. The summed E-state index contributed by atoms with van der Waals surface area (Å²) >= 11 is 0. The zero-order valence-corrected chi connectivity index (χ0v) is 18.2. The van der Waals surface area contributed by atoms with Crippen LogP contribution < -0.4 is 0 Å². The number of aldehydes is 2. The Balaban J connectivity index is 1.82. The molecule has 0 amide bonds. The molecule has 0 unspecified atom stereocenters. The van der Waals surface area contributed by atoms with E-state index in [1.54, 1.807) is 0 Å². The van der Waals surface area contributed by atoms with E-state index in [4.69, 9.17) is 0 Å². The molecule has 0 spiro atoms. The Labute approximate surface area is 169 Å². The largest absolute Gasteiger partial charge is 0.303 e. The second-order valence-corrected chi connectivity index (χ2v) is 11.6. The second kappa shape index (κ2) is 6.12.